The monoisotopic (exact) mass is 644 g/mol. The Balaban J connectivity index is 1.51. The maximum atomic E-state index is 14.3. The number of carbonyl (C=O) groups excluding carboxylic acids is 4. The maximum Gasteiger partial charge on any atom is 0.303 e. The summed E-state index contributed by atoms with van der Waals surface area (Å²) in [6.45, 7) is -0.0830. The molecule has 230 valence electrons. The summed E-state index contributed by atoms with van der Waals surface area (Å²) in [7, 11) is 1.41. The highest BCUT2D eigenvalue weighted by molar-refractivity contribution is 6.58. The van der Waals surface area contributed by atoms with Crippen molar-refractivity contribution >= 4 is 58.5 Å². The van der Waals surface area contributed by atoms with Crippen molar-refractivity contribution in [2.75, 3.05) is 18.6 Å². The van der Waals surface area contributed by atoms with Gasteiger partial charge in [0.1, 0.15) is 17.3 Å². The number of hydrogen-bond acceptors (Lipinski definition) is 7. The highest BCUT2D eigenvalue weighted by atomic mass is 35.5. The number of phenolic OH excluding ortho intramolecular Hbond substituents is 1. The first kappa shape index (κ1) is 30.1. The molecule has 6 unspecified atom stereocenters. The smallest absolute Gasteiger partial charge is 0.303 e. The van der Waals surface area contributed by atoms with Crippen LogP contribution in [0.25, 0.3) is 0 Å². The number of likely N-dealkylation sites (tertiary alicyclic amines) is 1. The molecule has 4 amide bonds. The molecular formula is C31H27Cl2FN2O8. The molecule has 2 aliphatic carbocycles. The van der Waals surface area contributed by atoms with Gasteiger partial charge in [-0.05, 0) is 67.6 Å². The minimum Gasteiger partial charge on any atom is -0.508 e. The number of methoxy groups -OCH3 is 1. The van der Waals surface area contributed by atoms with Gasteiger partial charge >= 0.3 is 5.97 Å². The van der Waals surface area contributed by atoms with Crippen molar-refractivity contribution in [1.29, 1.82) is 0 Å². The van der Waals surface area contributed by atoms with E-state index >= 15 is 0 Å². The summed E-state index contributed by atoms with van der Waals surface area (Å²) in [5.41, 5.74) is 0.642. The topological polar surface area (TPSA) is 142 Å². The molecule has 1 saturated carbocycles. The summed E-state index contributed by atoms with van der Waals surface area (Å²) in [5.74, 6) is -8.15. The number of amides is 4. The Bertz CT molecular complexity index is 1650. The van der Waals surface area contributed by atoms with Gasteiger partial charge in [0.2, 0.25) is 11.8 Å². The number of ether oxygens (including phenoxy) is 1. The van der Waals surface area contributed by atoms with Gasteiger partial charge in [0.25, 0.3) is 11.8 Å². The molecule has 6 atom stereocenters. The molecule has 2 heterocycles. The highest BCUT2D eigenvalue weighted by Gasteiger charge is 2.76. The fraction of sp³-hybridized carbons (Fsp3) is 0.387. The Labute approximate surface area is 261 Å². The van der Waals surface area contributed by atoms with Crippen molar-refractivity contribution in [3.63, 3.8) is 0 Å². The van der Waals surface area contributed by atoms with E-state index in [1.165, 1.54) is 37.4 Å². The van der Waals surface area contributed by atoms with E-state index in [9.17, 15) is 33.5 Å². The number of rotatable bonds is 7. The van der Waals surface area contributed by atoms with E-state index in [0.29, 0.717) is 11.3 Å². The second-order valence-electron chi connectivity index (χ2n) is 11.5. The molecule has 2 aromatic carbocycles. The second kappa shape index (κ2) is 10.6. The first-order chi connectivity index (χ1) is 20.8. The Morgan fingerprint density at radius 3 is 2.41 bits per heavy atom. The first-order valence-electron chi connectivity index (χ1n) is 14.0. The number of alkyl halides is 2. The van der Waals surface area contributed by atoms with Crippen LogP contribution in [-0.2, 0) is 24.0 Å². The number of fused-ring (bicyclic) bond motifs is 4. The zero-order valence-electron chi connectivity index (χ0n) is 23.3. The number of carbonyl (C=O) groups is 5. The van der Waals surface area contributed by atoms with Gasteiger partial charge in [-0.15, -0.1) is 23.2 Å². The summed E-state index contributed by atoms with van der Waals surface area (Å²) in [4.78, 5) is 64.3. The number of phenols is 1. The van der Waals surface area contributed by atoms with E-state index in [0.717, 1.165) is 21.9 Å². The number of carboxylic acids is 1. The lowest BCUT2D eigenvalue weighted by Gasteiger charge is -2.50. The zero-order valence-corrected chi connectivity index (χ0v) is 24.8. The first-order valence-corrected chi connectivity index (χ1v) is 14.8. The van der Waals surface area contributed by atoms with Gasteiger partial charge in [0.15, 0.2) is 9.75 Å². The second-order valence-corrected chi connectivity index (χ2v) is 12.7. The van der Waals surface area contributed by atoms with E-state index < -0.39 is 68.8 Å². The molecule has 4 aliphatic rings. The van der Waals surface area contributed by atoms with Crippen LogP contribution in [0.15, 0.2) is 54.1 Å². The normalized spacial score (nSPS) is 31.0. The van der Waals surface area contributed by atoms with E-state index in [2.05, 4.69) is 0 Å². The van der Waals surface area contributed by atoms with Gasteiger partial charge in [-0.25, -0.2) is 9.29 Å². The lowest BCUT2D eigenvalue weighted by atomic mass is 9.56. The third-order valence-electron chi connectivity index (χ3n) is 9.31. The largest absolute Gasteiger partial charge is 0.508 e. The van der Waals surface area contributed by atoms with E-state index in [1.807, 2.05) is 0 Å². The Morgan fingerprint density at radius 2 is 1.75 bits per heavy atom. The number of halogens is 3. The molecule has 2 aliphatic heterocycles. The fourth-order valence-corrected chi connectivity index (χ4v) is 8.24. The quantitative estimate of drug-likeness (QED) is 0.262. The predicted octanol–water partition coefficient (Wildman–Crippen LogP) is 3.97. The number of imide groups is 2. The minimum atomic E-state index is -2.20. The summed E-state index contributed by atoms with van der Waals surface area (Å²) < 4.78 is 19.1. The third kappa shape index (κ3) is 4.16. The average Bonchev–Trinajstić information content (AvgIpc) is 3.32. The number of aliphatic carboxylic acids is 1. The van der Waals surface area contributed by atoms with Crippen LogP contribution < -0.4 is 9.64 Å². The van der Waals surface area contributed by atoms with Gasteiger partial charge in [-0.3, -0.25) is 28.9 Å². The molecule has 2 aromatic rings. The molecular weight excluding hydrogens is 618 g/mol. The van der Waals surface area contributed by atoms with Crippen molar-refractivity contribution in [2.45, 2.75) is 41.3 Å². The van der Waals surface area contributed by atoms with Crippen LogP contribution >= 0.6 is 23.2 Å². The molecule has 10 nitrogen and oxygen atoms in total. The number of carboxylic acid groups (broad SMARTS) is 1. The number of hydrogen-bond donors (Lipinski definition) is 2. The Morgan fingerprint density at radius 1 is 1.05 bits per heavy atom. The van der Waals surface area contributed by atoms with E-state index in [-0.39, 0.29) is 49.2 Å². The molecule has 13 heteroatoms. The van der Waals surface area contributed by atoms with Crippen LogP contribution in [0.2, 0.25) is 0 Å². The Kier molecular flexibility index (Phi) is 7.24. The van der Waals surface area contributed by atoms with Gasteiger partial charge in [0, 0.05) is 24.4 Å². The van der Waals surface area contributed by atoms with Gasteiger partial charge in [-0.2, -0.15) is 0 Å². The summed E-state index contributed by atoms with van der Waals surface area (Å²) in [5, 5.41) is 20.2. The van der Waals surface area contributed by atoms with Crippen molar-refractivity contribution in [1.82, 2.24) is 4.90 Å². The minimum absolute atomic E-state index is 0.0380. The number of anilines is 1. The van der Waals surface area contributed by atoms with Gasteiger partial charge in [0.05, 0.1) is 24.6 Å². The molecule has 3 fully saturated rings. The van der Waals surface area contributed by atoms with Crippen molar-refractivity contribution in [2.24, 2.45) is 17.8 Å². The van der Waals surface area contributed by atoms with E-state index in [1.54, 1.807) is 6.08 Å². The average molecular weight is 645 g/mol. The lowest BCUT2D eigenvalue weighted by molar-refractivity contribution is -0.142. The predicted molar refractivity (Wildman–Crippen MR) is 155 cm³/mol. The number of allylic oxidation sites excluding steroid dienone is 2. The Hall–Kier alpha value is -3.96. The van der Waals surface area contributed by atoms with Crippen LogP contribution in [0.3, 0.4) is 0 Å². The number of benzene rings is 2. The lowest BCUT2D eigenvalue weighted by Crippen LogP contribution is -2.60. The van der Waals surface area contributed by atoms with Crippen LogP contribution in [0.4, 0.5) is 10.1 Å². The molecule has 44 heavy (non-hydrogen) atoms. The molecule has 2 saturated heterocycles. The van der Waals surface area contributed by atoms with Crippen LogP contribution in [0, 0.1) is 23.6 Å². The molecule has 0 bridgehead atoms. The molecule has 2 N–H and O–H groups in total. The maximum absolute atomic E-state index is 14.3. The van der Waals surface area contributed by atoms with Crippen molar-refractivity contribution in [3.8, 4) is 11.5 Å². The van der Waals surface area contributed by atoms with Gasteiger partial charge in [-0.1, -0.05) is 11.6 Å². The molecule has 0 spiro atoms. The standard InChI is InChI=1S/C31H27Cl2FN2O8/c1-44-17-8-11-22(37)20(13-17)25-18-9-10-19-24(27(41)35(26(19)40)12-2-3-23(38)39)21(18)14-30(32)28(42)36(29(43)31(25,30)33)16-6-4-15(34)5-7-16/h4-9,11,13,19,21,24-25,37H,2-3,10,12,14H2,1H3,(H,38,39). The van der Waals surface area contributed by atoms with Gasteiger partial charge < -0.3 is 14.9 Å². The van der Waals surface area contributed by atoms with Crippen LogP contribution in [0.1, 0.15) is 37.2 Å². The SMILES string of the molecule is COc1ccc(O)c(C2C3=CCC4C(=O)N(CCCC(=O)O)C(=O)C4C3CC3(Cl)C(=O)N(c4ccc(F)cc4)C(=O)C23Cl)c1. The summed E-state index contributed by atoms with van der Waals surface area (Å²) >= 11 is 14.6. The van der Waals surface area contributed by atoms with Crippen LogP contribution in [-0.4, -0.2) is 68.1 Å². The van der Waals surface area contributed by atoms with Crippen molar-refractivity contribution in [3.05, 3.63) is 65.5 Å². The molecule has 0 radical (unpaired) electrons. The zero-order chi connectivity index (χ0) is 31.7. The summed E-state index contributed by atoms with van der Waals surface area (Å²) in [6.07, 6.45) is 1.40. The summed E-state index contributed by atoms with van der Waals surface area (Å²) in [6, 6.07) is 9.00. The number of aromatic hydroxyl groups is 1. The van der Waals surface area contributed by atoms with E-state index in [4.69, 9.17) is 33.0 Å². The number of nitrogens with zero attached hydrogens (tertiary/aromatic N) is 2. The van der Waals surface area contributed by atoms with Crippen LogP contribution in [0.5, 0.6) is 11.5 Å². The highest BCUT2D eigenvalue weighted by Crippen LogP contribution is 2.66. The third-order valence-corrected chi connectivity index (χ3v) is 10.7. The van der Waals surface area contributed by atoms with Crippen molar-refractivity contribution < 1.29 is 43.3 Å². The molecule has 0 aromatic heterocycles. The fourth-order valence-electron chi connectivity index (χ4n) is 7.31. The molecule has 6 rings (SSSR count).